The van der Waals surface area contributed by atoms with Crippen LogP contribution in [-0.4, -0.2) is 65.9 Å². The van der Waals surface area contributed by atoms with Gasteiger partial charge >= 0.3 is 0 Å². The molecule has 1 saturated carbocycles. The maximum atomic E-state index is 10.2. The summed E-state index contributed by atoms with van der Waals surface area (Å²) in [4.78, 5) is 2.69. The van der Waals surface area contributed by atoms with Crippen molar-refractivity contribution in [1.82, 2.24) is 10.2 Å². The molecule has 2 N–H and O–H groups in total. The summed E-state index contributed by atoms with van der Waals surface area (Å²) < 4.78 is 6.53. The van der Waals surface area contributed by atoms with Crippen LogP contribution >= 0.6 is 11.6 Å². The third-order valence-corrected chi connectivity index (χ3v) is 10.7. The van der Waals surface area contributed by atoms with Crippen molar-refractivity contribution in [3.63, 3.8) is 0 Å². The summed E-state index contributed by atoms with van der Waals surface area (Å²) in [5, 5.41) is 14.4. The highest BCUT2D eigenvalue weighted by Gasteiger charge is 2.42. The van der Waals surface area contributed by atoms with Gasteiger partial charge < -0.3 is 20.1 Å². The second kappa shape index (κ2) is 13.3. The number of ether oxygens (including phenoxy) is 1. The first-order chi connectivity index (χ1) is 17.7. The second-order valence-corrected chi connectivity index (χ2v) is 14.1. The lowest BCUT2D eigenvalue weighted by molar-refractivity contribution is 0.0147. The van der Waals surface area contributed by atoms with Crippen molar-refractivity contribution in [1.29, 1.82) is 0 Å². The summed E-state index contributed by atoms with van der Waals surface area (Å²) in [5.41, 5.74) is 1.37. The zero-order valence-electron chi connectivity index (χ0n) is 24.0. The minimum absolute atomic E-state index is 0.160. The summed E-state index contributed by atoms with van der Waals surface area (Å²) in [5.74, 6) is 1.52. The van der Waals surface area contributed by atoms with E-state index in [1.807, 2.05) is 13.8 Å². The minimum atomic E-state index is -0.616. The highest BCUT2D eigenvalue weighted by molar-refractivity contribution is 6.20. The first-order valence-corrected chi connectivity index (χ1v) is 15.9. The van der Waals surface area contributed by atoms with Gasteiger partial charge in [-0.15, -0.1) is 18.2 Å². The molecule has 4 nitrogen and oxygen atoms in total. The average molecular weight is 535 g/mol. The third-order valence-electron chi connectivity index (χ3n) is 10.2. The van der Waals surface area contributed by atoms with Crippen molar-refractivity contribution >= 4 is 11.6 Å². The first kappa shape index (κ1) is 29.6. The van der Waals surface area contributed by atoms with E-state index in [0.29, 0.717) is 28.7 Å². The molecule has 1 aliphatic carbocycles. The van der Waals surface area contributed by atoms with Crippen LogP contribution in [0.2, 0.25) is 0 Å². The standard InChI is InChI=1S/C32H55ClN2O2/c1-5-24-25(26-11-9-19-34-29(26)23-37-30(24)15-8-16-31(2,3)36)12-10-20-35-21-17-32(4,18-22-35)27-13-6-7-14-28(27)33/h5,12,24,26-30,34,36H,1,6-11,13-23H2,2-4H3/b25-12-. The first-order valence-electron chi connectivity index (χ1n) is 15.5. The fourth-order valence-corrected chi connectivity index (χ4v) is 8.42. The van der Waals surface area contributed by atoms with Crippen molar-refractivity contribution in [2.45, 2.75) is 121 Å². The Kier molecular flexibility index (Phi) is 10.6. The van der Waals surface area contributed by atoms with Crippen molar-refractivity contribution in [3.8, 4) is 0 Å². The number of aliphatic hydroxyl groups is 1. The van der Waals surface area contributed by atoms with Crippen LogP contribution in [0.3, 0.4) is 0 Å². The molecule has 6 unspecified atom stereocenters. The molecule has 6 atom stereocenters. The molecule has 4 aliphatic rings. The number of hydrogen-bond acceptors (Lipinski definition) is 4. The van der Waals surface area contributed by atoms with Crippen LogP contribution in [0.1, 0.15) is 97.8 Å². The molecule has 0 bridgehead atoms. The molecule has 0 aromatic carbocycles. The van der Waals surface area contributed by atoms with Gasteiger partial charge in [0.2, 0.25) is 0 Å². The van der Waals surface area contributed by atoms with Gasteiger partial charge in [0.05, 0.1) is 18.3 Å². The molecular weight excluding hydrogens is 480 g/mol. The van der Waals surface area contributed by atoms with Gasteiger partial charge in [0.1, 0.15) is 0 Å². The molecule has 0 radical (unpaired) electrons. The van der Waals surface area contributed by atoms with E-state index in [1.165, 1.54) is 64.5 Å². The Bertz CT molecular complexity index is 754. The Labute approximate surface area is 232 Å². The molecule has 4 fully saturated rings. The van der Waals surface area contributed by atoms with E-state index in [9.17, 15) is 5.11 Å². The largest absolute Gasteiger partial charge is 0.390 e. The molecule has 0 spiro atoms. The summed E-state index contributed by atoms with van der Waals surface area (Å²) >= 11 is 6.82. The lowest BCUT2D eigenvalue weighted by Gasteiger charge is -2.47. The maximum Gasteiger partial charge on any atom is 0.0675 e. The number of likely N-dealkylation sites (tertiary alicyclic amines) is 1. The molecule has 4 rings (SSSR count). The fraction of sp³-hybridized carbons (Fsp3) is 0.875. The zero-order valence-corrected chi connectivity index (χ0v) is 24.8. The molecule has 0 amide bonds. The Balaban J connectivity index is 1.37. The Morgan fingerprint density at radius 2 is 1.95 bits per heavy atom. The van der Waals surface area contributed by atoms with Crippen LogP contribution in [0.15, 0.2) is 24.3 Å². The molecule has 37 heavy (non-hydrogen) atoms. The van der Waals surface area contributed by atoms with E-state index in [2.05, 4.69) is 35.9 Å². The van der Waals surface area contributed by atoms with Crippen LogP contribution in [0.4, 0.5) is 0 Å². The van der Waals surface area contributed by atoms with Gasteiger partial charge in [-0.3, -0.25) is 0 Å². The van der Waals surface area contributed by atoms with Crippen LogP contribution < -0.4 is 5.32 Å². The smallest absolute Gasteiger partial charge is 0.0675 e. The number of fused-ring (bicyclic) bond motifs is 1. The number of rotatable bonds is 9. The maximum absolute atomic E-state index is 10.2. The summed E-state index contributed by atoms with van der Waals surface area (Å²) in [6.07, 6.45) is 19.0. The van der Waals surface area contributed by atoms with E-state index < -0.39 is 5.60 Å². The number of nitrogens with zero attached hydrogens (tertiary/aromatic N) is 1. The van der Waals surface area contributed by atoms with E-state index in [0.717, 1.165) is 45.4 Å². The third kappa shape index (κ3) is 7.84. The summed E-state index contributed by atoms with van der Waals surface area (Å²) in [6.45, 7) is 16.0. The van der Waals surface area contributed by atoms with Gasteiger partial charge in [0.15, 0.2) is 0 Å². The number of halogens is 1. The van der Waals surface area contributed by atoms with E-state index in [1.54, 1.807) is 5.57 Å². The highest BCUT2D eigenvalue weighted by Crippen LogP contribution is 2.47. The number of hydrogen-bond donors (Lipinski definition) is 2. The quantitative estimate of drug-likeness (QED) is 0.255. The van der Waals surface area contributed by atoms with Crippen LogP contribution in [0.5, 0.6) is 0 Å². The topological polar surface area (TPSA) is 44.7 Å². The SMILES string of the molecule is C=CC1/C(=C/CCN2CCC(C)(C3CCCCC3Cl)CC2)C2CCCNC2COC1CCCC(C)(C)O. The number of alkyl halides is 1. The molecule has 3 saturated heterocycles. The van der Waals surface area contributed by atoms with E-state index in [4.69, 9.17) is 16.3 Å². The van der Waals surface area contributed by atoms with Gasteiger partial charge in [0, 0.05) is 23.9 Å². The Hall–Kier alpha value is -0.390. The molecule has 212 valence electrons. The van der Waals surface area contributed by atoms with Gasteiger partial charge in [-0.1, -0.05) is 37.5 Å². The van der Waals surface area contributed by atoms with Crippen molar-refractivity contribution in [2.75, 3.05) is 32.8 Å². The fourth-order valence-electron chi connectivity index (χ4n) is 7.84. The number of piperidine rings is 2. The van der Waals surface area contributed by atoms with Crippen molar-refractivity contribution in [3.05, 3.63) is 24.3 Å². The molecular formula is C32H55ClN2O2. The van der Waals surface area contributed by atoms with Crippen LogP contribution in [0.25, 0.3) is 0 Å². The summed E-state index contributed by atoms with van der Waals surface area (Å²) in [6, 6.07) is 0.413. The predicted octanol–water partition coefficient (Wildman–Crippen LogP) is 6.71. The zero-order chi connectivity index (χ0) is 26.5. The van der Waals surface area contributed by atoms with Crippen molar-refractivity contribution in [2.24, 2.45) is 23.2 Å². The van der Waals surface area contributed by atoms with Gasteiger partial charge in [-0.05, 0) is 115 Å². The average Bonchev–Trinajstić information content (AvgIpc) is 3.01. The predicted molar refractivity (Wildman–Crippen MR) is 156 cm³/mol. The monoisotopic (exact) mass is 534 g/mol. The Morgan fingerprint density at radius 3 is 2.65 bits per heavy atom. The van der Waals surface area contributed by atoms with E-state index >= 15 is 0 Å². The van der Waals surface area contributed by atoms with Gasteiger partial charge in [-0.2, -0.15) is 0 Å². The lowest BCUT2D eigenvalue weighted by Crippen LogP contribution is -2.45. The molecule has 0 aromatic rings. The molecule has 5 heteroatoms. The highest BCUT2D eigenvalue weighted by atomic mass is 35.5. The molecule has 0 aromatic heterocycles. The van der Waals surface area contributed by atoms with E-state index in [-0.39, 0.29) is 12.0 Å². The van der Waals surface area contributed by atoms with Gasteiger partial charge in [0.25, 0.3) is 0 Å². The summed E-state index contributed by atoms with van der Waals surface area (Å²) in [7, 11) is 0. The number of nitrogens with one attached hydrogen (secondary N) is 1. The molecule has 3 heterocycles. The van der Waals surface area contributed by atoms with Crippen LogP contribution in [-0.2, 0) is 4.74 Å². The van der Waals surface area contributed by atoms with Crippen LogP contribution in [0, 0.1) is 23.2 Å². The molecule has 3 aliphatic heterocycles. The normalized spacial score (nSPS) is 36.6. The minimum Gasteiger partial charge on any atom is -0.390 e. The van der Waals surface area contributed by atoms with Crippen molar-refractivity contribution < 1.29 is 9.84 Å². The lowest BCUT2D eigenvalue weighted by atomic mass is 9.65. The second-order valence-electron chi connectivity index (χ2n) is 13.5. The van der Waals surface area contributed by atoms with Gasteiger partial charge in [-0.25, -0.2) is 0 Å². The Morgan fingerprint density at radius 1 is 1.19 bits per heavy atom.